The highest BCUT2D eigenvalue weighted by Crippen LogP contribution is 2.23. The van der Waals surface area contributed by atoms with Gasteiger partial charge < -0.3 is 15.4 Å². The van der Waals surface area contributed by atoms with Gasteiger partial charge in [-0.1, -0.05) is 11.6 Å². The van der Waals surface area contributed by atoms with Crippen LogP contribution in [0, 0.1) is 0 Å². The lowest BCUT2D eigenvalue weighted by Crippen LogP contribution is -2.29. The number of carbonyl (C=O) groups excluding carboxylic acids is 1. The van der Waals surface area contributed by atoms with Crippen molar-refractivity contribution in [2.45, 2.75) is 6.42 Å². The van der Waals surface area contributed by atoms with Crippen molar-refractivity contribution < 1.29 is 9.53 Å². The maximum atomic E-state index is 12.4. The smallest absolute Gasteiger partial charge is 0.255 e. The third-order valence-electron chi connectivity index (χ3n) is 3.90. The van der Waals surface area contributed by atoms with Crippen molar-refractivity contribution in [3.63, 3.8) is 0 Å². The first-order chi connectivity index (χ1) is 11.3. The summed E-state index contributed by atoms with van der Waals surface area (Å²) in [5.74, 6) is 0.654. The molecule has 2 aromatic rings. The molecule has 2 heterocycles. The minimum atomic E-state index is -0.121. The second-order valence-electron chi connectivity index (χ2n) is 5.39. The highest BCUT2D eigenvalue weighted by Gasteiger charge is 2.15. The Labute approximate surface area is 134 Å². The largest absolute Gasteiger partial charge is 0.497 e. The highest BCUT2D eigenvalue weighted by molar-refractivity contribution is 5.99. The van der Waals surface area contributed by atoms with E-state index in [0.29, 0.717) is 17.8 Å². The first kappa shape index (κ1) is 15.3. The molecule has 0 radical (unpaired) electrons. The van der Waals surface area contributed by atoms with Gasteiger partial charge in [0.25, 0.3) is 5.91 Å². The zero-order chi connectivity index (χ0) is 16.1. The first-order valence-corrected chi connectivity index (χ1v) is 7.62. The van der Waals surface area contributed by atoms with Crippen LogP contribution in [0.1, 0.15) is 16.8 Å². The van der Waals surface area contributed by atoms with E-state index in [1.807, 2.05) is 24.3 Å². The molecule has 3 rings (SSSR count). The minimum Gasteiger partial charge on any atom is -0.497 e. The Morgan fingerprint density at radius 3 is 2.87 bits per heavy atom. The van der Waals surface area contributed by atoms with E-state index in [1.165, 1.54) is 5.57 Å². The number of carbonyl (C=O) groups is 1. The summed E-state index contributed by atoms with van der Waals surface area (Å²) in [7, 11) is 1.62. The summed E-state index contributed by atoms with van der Waals surface area (Å²) in [5, 5.41) is 13.1. The van der Waals surface area contributed by atoms with Gasteiger partial charge in [-0.15, -0.1) is 0 Å². The van der Waals surface area contributed by atoms with Crippen LogP contribution in [-0.2, 0) is 0 Å². The van der Waals surface area contributed by atoms with Crippen molar-refractivity contribution in [3.05, 3.63) is 47.7 Å². The van der Waals surface area contributed by atoms with Crippen LogP contribution in [0.3, 0.4) is 0 Å². The van der Waals surface area contributed by atoms with Crippen LogP contribution in [0.5, 0.6) is 5.75 Å². The lowest BCUT2D eigenvalue weighted by atomic mass is 10.1. The molecule has 1 aromatic carbocycles. The zero-order valence-electron chi connectivity index (χ0n) is 13.1. The van der Waals surface area contributed by atoms with Crippen molar-refractivity contribution >= 4 is 5.91 Å². The summed E-state index contributed by atoms with van der Waals surface area (Å²) < 4.78 is 5.15. The minimum absolute atomic E-state index is 0.121. The van der Waals surface area contributed by atoms with E-state index in [-0.39, 0.29) is 5.91 Å². The van der Waals surface area contributed by atoms with Crippen LogP contribution >= 0.6 is 0 Å². The number of nitrogens with zero attached hydrogens (tertiary/aromatic N) is 1. The molecule has 0 saturated heterocycles. The predicted molar refractivity (Wildman–Crippen MR) is 88.5 cm³/mol. The summed E-state index contributed by atoms with van der Waals surface area (Å²) in [4.78, 5) is 12.4. The number of ether oxygens (including phenoxy) is 1. The Balaban J connectivity index is 1.71. The molecule has 0 atom stereocenters. The van der Waals surface area contributed by atoms with E-state index in [0.717, 1.165) is 30.8 Å². The van der Waals surface area contributed by atoms with Gasteiger partial charge in [0, 0.05) is 18.7 Å². The van der Waals surface area contributed by atoms with E-state index in [2.05, 4.69) is 26.9 Å². The number of methoxy groups -OCH3 is 1. The average molecular weight is 312 g/mol. The summed E-state index contributed by atoms with van der Waals surface area (Å²) >= 11 is 0. The van der Waals surface area contributed by atoms with Gasteiger partial charge in [0.15, 0.2) is 0 Å². The lowest BCUT2D eigenvalue weighted by Gasteiger charge is -2.14. The standard InChI is InChI=1S/C17H20N4O2/c1-23-14-4-2-13(3-5-14)16-15(11-20-21-16)17(22)19-10-12-6-8-18-9-7-12/h2-6,11,18H,7-10H2,1H3,(H,19,22)(H,20,21). The molecule has 6 heteroatoms. The quantitative estimate of drug-likeness (QED) is 0.735. The van der Waals surface area contributed by atoms with Crippen LogP contribution < -0.4 is 15.4 Å². The lowest BCUT2D eigenvalue weighted by molar-refractivity contribution is 0.0957. The van der Waals surface area contributed by atoms with Crippen LogP contribution in [0.25, 0.3) is 11.3 Å². The molecule has 1 amide bonds. The van der Waals surface area contributed by atoms with E-state index < -0.39 is 0 Å². The number of hydrogen-bond acceptors (Lipinski definition) is 4. The van der Waals surface area contributed by atoms with Crippen LogP contribution in [-0.4, -0.2) is 42.8 Å². The summed E-state index contributed by atoms with van der Waals surface area (Å²) in [6.45, 7) is 2.41. The monoisotopic (exact) mass is 312 g/mol. The van der Waals surface area contributed by atoms with Gasteiger partial charge in [-0.3, -0.25) is 9.89 Å². The molecule has 3 N–H and O–H groups in total. The summed E-state index contributed by atoms with van der Waals surface area (Å²) in [5.41, 5.74) is 3.41. The Morgan fingerprint density at radius 2 is 2.17 bits per heavy atom. The molecule has 0 fully saturated rings. The Hall–Kier alpha value is -2.60. The molecule has 6 nitrogen and oxygen atoms in total. The number of nitrogens with one attached hydrogen (secondary N) is 3. The van der Waals surface area contributed by atoms with Crippen molar-refractivity contribution in [1.82, 2.24) is 20.8 Å². The molecule has 1 aliphatic rings. The molecule has 1 aliphatic heterocycles. The van der Waals surface area contributed by atoms with E-state index in [1.54, 1.807) is 13.3 Å². The fourth-order valence-corrected chi connectivity index (χ4v) is 2.56. The topological polar surface area (TPSA) is 79.0 Å². The second kappa shape index (κ2) is 7.11. The molecular formula is C17H20N4O2. The number of aromatic nitrogens is 2. The van der Waals surface area contributed by atoms with E-state index >= 15 is 0 Å². The molecule has 0 spiro atoms. The Kier molecular flexibility index (Phi) is 4.73. The van der Waals surface area contributed by atoms with Gasteiger partial charge in [-0.05, 0) is 37.2 Å². The third kappa shape index (κ3) is 3.60. The molecule has 23 heavy (non-hydrogen) atoms. The van der Waals surface area contributed by atoms with Crippen LogP contribution in [0.4, 0.5) is 0 Å². The van der Waals surface area contributed by atoms with Crippen LogP contribution in [0.15, 0.2) is 42.1 Å². The number of hydrogen-bond donors (Lipinski definition) is 3. The molecule has 0 aliphatic carbocycles. The molecular weight excluding hydrogens is 292 g/mol. The third-order valence-corrected chi connectivity index (χ3v) is 3.90. The first-order valence-electron chi connectivity index (χ1n) is 7.62. The molecule has 120 valence electrons. The number of benzene rings is 1. The van der Waals surface area contributed by atoms with E-state index in [4.69, 9.17) is 4.74 Å². The van der Waals surface area contributed by atoms with Crippen molar-refractivity contribution in [2.24, 2.45) is 0 Å². The SMILES string of the molecule is COc1ccc(-c2[nH]ncc2C(=O)NCC2=CCNCC2)cc1. The van der Waals surface area contributed by atoms with Gasteiger partial charge in [0.1, 0.15) is 5.75 Å². The van der Waals surface area contributed by atoms with Gasteiger partial charge in [0.05, 0.1) is 24.6 Å². The highest BCUT2D eigenvalue weighted by atomic mass is 16.5. The normalized spacial score (nSPS) is 14.2. The van der Waals surface area contributed by atoms with Crippen molar-refractivity contribution in [3.8, 4) is 17.0 Å². The summed E-state index contributed by atoms with van der Waals surface area (Å²) in [6, 6.07) is 7.52. The number of rotatable bonds is 5. The maximum absolute atomic E-state index is 12.4. The predicted octanol–water partition coefficient (Wildman–Crippen LogP) is 1.73. The molecule has 0 bridgehead atoms. The number of H-pyrrole nitrogens is 1. The maximum Gasteiger partial charge on any atom is 0.255 e. The van der Waals surface area contributed by atoms with Crippen molar-refractivity contribution in [2.75, 3.05) is 26.7 Å². The number of amides is 1. The van der Waals surface area contributed by atoms with Gasteiger partial charge in [0.2, 0.25) is 0 Å². The molecule has 0 saturated carbocycles. The van der Waals surface area contributed by atoms with Gasteiger partial charge in [-0.2, -0.15) is 5.10 Å². The molecule has 0 unspecified atom stereocenters. The number of aromatic amines is 1. The van der Waals surface area contributed by atoms with Gasteiger partial charge >= 0.3 is 0 Å². The zero-order valence-corrected chi connectivity index (χ0v) is 13.1. The van der Waals surface area contributed by atoms with E-state index in [9.17, 15) is 4.79 Å². The Bertz CT molecular complexity index is 704. The van der Waals surface area contributed by atoms with Crippen molar-refractivity contribution in [1.29, 1.82) is 0 Å². The Morgan fingerprint density at radius 1 is 1.35 bits per heavy atom. The van der Waals surface area contributed by atoms with Gasteiger partial charge in [-0.25, -0.2) is 0 Å². The summed E-state index contributed by atoms with van der Waals surface area (Å²) in [6.07, 6.45) is 4.66. The fourth-order valence-electron chi connectivity index (χ4n) is 2.56. The molecule has 1 aromatic heterocycles. The van der Waals surface area contributed by atoms with Crippen LogP contribution in [0.2, 0.25) is 0 Å². The second-order valence-corrected chi connectivity index (χ2v) is 5.39. The average Bonchev–Trinajstić information content (AvgIpc) is 3.10. The fraction of sp³-hybridized carbons (Fsp3) is 0.294.